The summed E-state index contributed by atoms with van der Waals surface area (Å²) in [6, 6.07) is 14.7. The van der Waals surface area contributed by atoms with Crippen molar-refractivity contribution in [3.8, 4) is 11.5 Å². The number of hydrogen-bond acceptors (Lipinski definition) is 5. The van der Waals surface area contributed by atoms with Crippen molar-refractivity contribution < 1.29 is 13.6 Å². The van der Waals surface area contributed by atoms with Crippen LogP contribution in [0.1, 0.15) is 11.1 Å². The third-order valence-corrected chi connectivity index (χ3v) is 14.6. The van der Waals surface area contributed by atoms with Gasteiger partial charge in [0.15, 0.2) is 0 Å². The van der Waals surface area contributed by atoms with E-state index in [1.165, 1.54) is 0 Å². The second-order valence-corrected chi connectivity index (χ2v) is 18.7. The van der Waals surface area contributed by atoms with Crippen LogP contribution in [0.25, 0.3) is 0 Å². The average molecular weight is 427 g/mol. The summed E-state index contributed by atoms with van der Waals surface area (Å²) >= 11 is 17.6. The maximum Gasteiger partial charge on any atom is 0.357 e. The normalized spacial score (nSPS) is 12.0. The maximum atomic E-state index is 11.8. The van der Waals surface area contributed by atoms with E-state index in [0.717, 1.165) is 11.1 Å². The zero-order valence-corrected chi connectivity index (χ0v) is 17.2. The van der Waals surface area contributed by atoms with Gasteiger partial charge in [0.1, 0.15) is 11.5 Å². The first kappa shape index (κ1) is 19.2. The summed E-state index contributed by atoms with van der Waals surface area (Å²) in [7, 11) is 0. The fourth-order valence-electron chi connectivity index (χ4n) is 1.77. The summed E-state index contributed by atoms with van der Waals surface area (Å²) in [5, 5.41) is -3.53. The number of hydrogen-bond donors (Lipinski definition) is 0. The largest absolute Gasteiger partial charge is 0.428 e. The molecule has 0 unspecified atom stereocenters. The molecule has 0 aliphatic heterocycles. The fourth-order valence-corrected chi connectivity index (χ4v) is 16.4. The van der Waals surface area contributed by atoms with Crippen LogP contribution in [0.2, 0.25) is 0 Å². The van der Waals surface area contributed by atoms with Gasteiger partial charge in [0.2, 0.25) is 0 Å². The Labute approximate surface area is 154 Å². The van der Waals surface area contributed by atoms with E-state index in [1.54, 1.807) is 12.1 Å². The lowest BCUT2D eigenvalue weighted by molar-refractivity contribution is 0.506. The topological polar surface area (TPSA) is 35.5 Å². The van der Waals surface area contributed by atoms with Gasteiger partial charge in [-0.25, -0.2) is 0 Å². The van der Waals surface area contributed by atoms with Gasteiger partial charge < -0.3 is 9.05 Å². The van der Waals surface area contributed by atoms with Crippen LogP contribution in [0.3, 0.4) is 0 Å². The molecule has 0 heterocycles. The lowest BCUT2D eigenvalue weighted by atomic mass is 10.2. The lowest BCUT2D eigenvalue weighted by Crippen LogP contribution is -1.97. The highest BCUT2D eigenvalue weighted by atomic mass is 35.9. The molecule has 0 aliphatic rings. The third kappa shape index (κ3) is 6.70. The summed E-state index contributed by atoms with van der Waals surface area (Å²) in [5.41, 5.74) is -1.09. The molecule has 9 heteroatoms. The van der Waals surface area contributed by atoms with Crippen molar-refractivity contribution in [1.82, 2.24) is 0 Å². The Bertz CT molecular complexity index is 744. The van der Waals surface area contributed by atoms with Gasteiger partial charge in [-0.2, -0.15) is 0 Å². The zero-order valence-electron chi connectivity index (χ0n) is 12.3. The van der Waals surface area contributed by atoms with Crippen molar-refractivity contribution in [3.63, 3.8) is 0 Å². The summed E-state index contributed by atoms with van der Waals surface area (Å²) in [4.78, 5) is 0. The van der Waals surface area contributed by atoms with E-state index in [-0.39, 0.29) is 0 Å². The molecule has 0 fully saturated rings. The predicted octanol–water partition coefficient (Wildman–Crippen LogP) is 7.30. The summed E-state index contributed by atoms with van der Waals surface area (Å²) < 4.78 is 23.5. The quantitative estimate of drug-likeness (QED) is 0.452. The number of benzene rings is 2. The summed E-state index contributed by atoms with van der Waals surface area (Å²) in [5.74, 6) is 1.05. The predicted molar refractivity (Wildman–Crippen MR) is 105 cm³/mol. The Hall–Kier alpha value is -0.150. The molecule has 124 valence electrons. The maximum absolute atomic E-state index is 11.8. The molecular weight excluding hydrogens is 413 g/mol. The molecule has 0 N–H and O–H groups in total. The fraction of sp³-hybridized carbons (Fsp3) is 0.143. The molecule has 3 nitrogen and oxygen atoms in total. The Balaban J connectivity index is 2.32. The van der Waals surface area contributed by atoms with Crippen molar-refractivity contribution >= 4 is 56.0 Å². The van der Waals surface area contributed by atoms with Crippen molar-refractivity contribution in [3.05, 3.63) is 59.7 Å². The smallest absolute Gasteiger partial charge is 0.357 e. The Kier molecular flexibility index (Phi) is 6.52. The lowest BCUT2D eigenvalue weighted by Gasteiger charge is -2.23. The molecule has 0 spiro atoms. The van der Waals surface area contributed by atoms with Crippen molar-refractivity contribution in [2.45, 2.75) is 13.8 Å². The molecule has 0 radical (unpaired) electrons. The first-order chi connectivity index (χ1) is 10.7. The van der Waals surface area contributed by atoms with Gasteiger partial charge in [-0.15, -0.1) is 0 Å². The van der Waals surface area contributed by atoms with Crippen LogP contribution in [-0.2, 0) is 16.4 Å². The summed E-state index contributed by atoms with van der Waals surface area (Å²) in [6.07, 6.45) is 0. The van der Waals surface area contributed by atoms with E-state index in [1.807, 2.05) is 50.2 Å². The van der Waals surface area contributed by atoms with E-state index >= 15 is 0 Å². The van der Waals surface area contributed by atoms with Crippen molar-refractivity contribution in [2.24, 2.45) is 0 Å². The highest BCUT2D eigenvalue weighted by Crippen LogP contribution is 2.82. The van der Waals surface area contributed by atoms with Gasteiger partial charge in [0, 0.05) is 11.8 Å². The number of halogens is 2. The molecule has 0 aliphatic carbocycles. The average Bonchev–Trinajstić information content (AvgIpc) is 2.35. The minimum Gasteiger partial charge on any atom is -0.428 e. The Morgan fingerprint density at radius 2 is 1.39 bits per heavy atom. The first-order valence-electron chi connectivity index (χ1n) is 6.48. The molecule has 0 amide bonds. The van der Waals surface area contributed by atoms with E-state index in [4.69, 9.17) is 43.3 Å². The van der Waals surface area contributed by atoms with Gasteiger partial charge in [-0.05, 0) is 71.7 Å². The van der Waals surface area contributed by atoms with Crippen LogP contribution in [0, 0.1) is 13.8 Å². The van der Waals surface area contributed by atoms with E-state index in [2.05, 4.69) is 0 Å². The molecule has 0 atom stereocenters. The highest BCUT2D eigenvalue weighted by molar-refractivity contribution is 8.99. The van der Waals surface area contributed by atoms with E-state index < -0.39 is 10.7 Å². The molecule has 2 aromatic carbocycles. The molecule has 2 aromatic rings. The van der Waals surface area contributed by atoms with Crippen LogP contribution in [-0.4, -0.2) is 0 Å². The molecular formula is C14H14Cl2O3P2S2. The standard InChI is InChI=1S/C14H14Cl2O3P2S2/c1-11-5-3-7-13(9-11)18-21(22,23-20(15,16)17)19-14-8-4-6-12(2)10-14/h3-10H,1-2H3. The molecule has 0 aromatic heterocycles. The van der Waals surface area contributed by atoms with Gasteiger partial charge in [-0.3, -0.25) is 4.57 Å². The van der Waals surface area contributed by atoms with E-state index in [0.29, 0.717) is 22.5 Å². The SMILES string of the molecule is Cc1cccc(OP(=S)(Oc2cccc(C)c2)SP(=O)(Cl)Cl)c1. The second-order valence-electron chi connectivity index (χ2n) is 4.76. The minimum absolute atomic E-state index is 0.523. The Morgan fingerprint density at radius 3 is 1.74 bits per heavy atom. The number of rotatable bonds is 6. The van der Waals surface area contributed by atoms with Crippen LogP contribution in [0.4, 0.5) is 0 Å². The molecule has 2 rings (SSSR count). The summed E-state index contributed by atoms with van der Waals surface area (Å²) in [6.45, 7) is 3.86. The van der Waals surface area contributed by atoms with Gasteiger partial charge in [0.25, 0.3) is 0 Å². The zero-order chi connectivity index (χ0) is 17.1. The third-order valence-electron chi connectivity index (χ3n) is 2.61. The molecule has 0 saturated heterocycles. The monoisotopic (exact) mass is 426 g/mol. The van der Waals surface area contributed by atoms with E-state index in [9.17, 15) is 4.57 Å². The minimum atomic E-state index is -3.53. The van der Waals surface area contributed by atoms with Crippen LogP contribution >= 0.6 is 44.2 Å². The van der Waals surface area contributed by atoms with Gasteiger partial charge >= 0.3 is 10.7 Å². The van der Waals surface area contributed by atoms with Crippen LogP contribution in [0.5, 0.6) is 11.5 Å². The molecule has 0 saturated carbocycles. The van der Waals surface area contributed by atoms with Crippen molar-refractivity contribution in [2.75, 3.05) is 0 Å². The van der Waals surface area contributed by atoms with Gasteiger partial charge in [0.05, 0.1) is 11.0 Å². The number of aryl methyl sites for hydroxylation is 2. The highest BCUT2D eigenvalue weighted by Gasteiger charge is 2.34. The van der Waals surface area contributed by atoms with Crippen LogP contribution in [0.15, 0.2) is 48.5 Å². The molecule has 0 bridgehead atoms. The Morgan fingerprint density at radius 1 is 0.957 bits per heavy atom. The first-order valence-corrected chi connectivity index (χ1v) is 14.7. The van der Waals surface area contributed by atoms with Crippen molar-refractivity contribution in [1.29, 1.82) is 0 Å². The van der Waals surface area contributed by atoms with Gasteiger partial charge in [-0.1, -0.05) is 24.3 Å². The second kappa shape index (κ2) is 7.82. The van der Waals surface area contributed by atoms with Crippen LogP contribution < -0.4 is 9.05 Å². The molecule has 23 heavy (non-hydrogen) atoms.